The van der Waals surface area contributed by atoms with Crippen LogP contribution in [0.5, 0.6) is 0 Å². The molecule has 0 saturated carbocycles. The van der Waals surface area contributed by atoms with E-state index in [0.717, 1.165) is 16.7 Å². The van der Waals surface area contributed by atoms with E-state index in [9.17, 15) is 23.4 Å². The minimum absolute atomic E-state index is 0.0178. The monoisotopic (exact) mass is 638 g/mol. The van der Waals surface area contributed by atoms with Gasteiger partial charge in [0.25, 0.3) is 5.91 Å². The summed E-state index contributed by atoms with van der Waals surface area (Å²) in [6.07, 6.45) is -0.783. The maximum Gasteiger partial charge on any atom is 0.373 e. The topological polar surface area (TPSA) is 132 Å². The van der Waals surface area contributed by atoms with Crippen LogP contribution in [0.2, 0.25) is 0 Å². The number of amides is 2. The summed E-state index contributed by atoms with van der Waals surface area (Å²) >= 11 is 0. The molecule has 0 spiro atoms. The highest BCUT2D eigenvalue weighted by molar-refractivity contribution is 7.86. The van der Waals surface area contributed by atoms with Crippen LogP contribution in [0.3, 0.4) is 0 Å². The lowest BCUT2D eigenvalue weighted by Crippen LogP contribution is -2.73. The molecule has 6 rings (SSSR count). The van der Waals surface area contributed by atoms with Crippen molar-refractivity contribution in [1.82, 2.24) is 10.2 Å². The van der Waals surface area contributed by atoms with Crippen molar-refractivity contribution in [3.8, 4) is 0 Å². The van der Waals surface area contributed by atoms with Crippen LogP contribution in [0.1, 0.15) is 39.1 Å². The lowest BCUT2D eigenvalue weighted by molar-refractivity contribution is -0.154. The van der Waals surface area contributed by atoms with Gasteiger partial charge in [0.05, 0.1) is 24.3 Å². The molecule has 10 nitrogen and oxygen atoms in total. The summed E-state index contributed by atoms with van der Waals surface area (Å²) < 4.78 is 30.1. The van der Waals surface area contributed by atoms with Crippen molar-refractivity contribution in [1.29, 1.82) is 0 Å². The Bertz CT molecular complexity index is 1780. The zero-order valence-electron chi connectivity index (χ0n) is 24.8. The number of β-lactam (4-membered cyclic amide) rings is 1. The van der Waals surface area contributed by atoms with E-state index in [1.807, 2.05) is 78.9 Å². The Morgan fingerprint density at radius 2 is 1.50 bits per heavy atom. The zero-order chi connectivity index (χ0) is 32.2. The SMILES string of the molecule is COC(=O)c1ccc(CC2=C(C(=O)OC(c3ccccc3)c3ccccc3)N3C(=O)[C@@H](NC(=O)Cc4ccccc4)[C@@H]3S(=O)C2)o1. The van der Waals surface area contributed by atoms with Gasteiger partial charge in [-0.3, -0.25) is 18.7 Å². The number of benzene rings is 3. The summed E-state index contributed by atoms with van der Waals surface area (Å²) in [5.74, 6) is -2.26. The minimum atomic E-state index is -1.68. The van der Waals surface area contributed by atoms with Gasteiger partial charge in [-0.15, -0.1) is 0 Å². The Labute approximate surface area is 267 Å². The molecule has 2 aliphatic rings. The van der Waals surface area contributed by atoms with E-state index in [1.165, 1.54) is 18.1 Å². The van der Waals surface area contributed by atoms with Gasteiger partial charge in [0.1, 0.15) is 22.9 Å². The fourth-order valence-corrected chi connectivity index (χ4v) is 7.31. The molecule has 4 aromatic rings. The van der Waals surface area contributed by atoms with Gasteiger partial charge in [0, 0.05) is 12.2 Å². The van der Waals surface area contributed by atoms with Crippen LogP contribution < -0.4 is 5.32 Å². The lowest BCUT2D eigenvalue weighted by atomic mass is 9.99. The third kappa shape index (κ3) is 6.27. The van der Waals surface area contributed by atoms with E-state index in [0.29, 0.717) is 11.3 Å². The highest BCUT2D eigenvalue weighted by Gasteiger charge is 2.57. The molecule has 2 aliphatic heterocycles. The lowest BCUT2D eigenvalue weighted by Gasteiger charge is -2.49. The second-order valence-electron chi connectivity index (χ2n) is 10.8. The number of hydrogen-bond donors (Lipinski definition) is 1. The van der Waals surface area contributed by atoms with Crippen molar-refractivity contribution < 1.29 is 37.3 Å². The normalized spacial score (nSPS) is 18.9. The Hall–Kier alpha value is -5.29. The van der Waals surface area contributed by atoms with Gasteiger partial charge in [0.15, 0.2) is 6.10 Å². The molecular formula is C35H30N2O8S. The van der Waals surface area contributed by atoms with Gasteiger partial charge in [-0.25, -0.2) is 9.59 Å². The molecule has 1 saturated heterocycles. The van der Waals surface area contributed by atoms with Crippen molar-refractivity contribution in [3.63, 3.8) is 0 Å². The van der Waals surface area contributed by atoms with Crippen molar-refractivity contribution in [2.24, 2.45) is 0 Å². The number of fused-ring (bicyclic) bond motifs is 1. The summed E-state index contributed by atoms with van der Waals surface area (Å²) in [7, 11) is -0.451. The molecule has 3 aromatic carbocycles. The predicted octanol–water partition coefficient (Wildman–Crippen LogP) is 3.85. The average Bonchev–Trinajstić information content (AvgIpc) is 3.55. The van der Waals surface area contributed by atoms with E-state index in [1.54, 1.807) is 18.2 Å². The number of carbonyl (C=O) groups excluding carboxylic acids is 4. The summed E-state index contributed by atoms with van der Waals surface area (Å²) in [5, 5.41) is 1.75. The molecule has 1 aromatic heterocycles. The fraction of sp³-hybridized carbons (Fsp3) is 0.200. The molecule has 1 N–H and O–H groups in total. The van der Waals surface area contributed by atoms with E-state index in [4.69, 9.17) is 13.9 Å². The minimum Gasteiger partial charge on any atom is -0.463 e. The quantitative estimate of drug-likeness (QED) is 0.205. The van der Waals surface area contributed by atoms with E-state index < -0.39 is 52.1 Å². The number of nitrogens with one attached hydrogen (secondary N) is 1. The van der Waals surface area contributed by atoms with Crippen LogP contribution >= 0.6 is 0 Å². The van der Waals surface area contributed by atoms with Gasteiger partial charge < -0.3 is 19.2 Å². The highest BCUT2D eigenvalue weighted by Crippen LogP contribution is 2.38. The first-order chi connectivity index (χ1) is 22.3. The van der Waals surface area contributed by atoms with Crippen molar-refractivity contribution in [2.45, 2.75) is 30.4 Å². The van der Waals surface area contributed by atoms with E-state index in [2.05, 4.69) is 5.32 Å². The molecule has 1 unspecified atom stereocenters. The van der Waals surface area contributed by atoms with Crippen LogP contribution in [0.15, 0.2) is 119 Å². The maximum atomic E-state index is 14.2. The molecular weight excluding hydrogens is 608 g/mol. The fourth-order valence-electron chi connectivity index (χ4n) is 5.62. The van der Waals surface area contributed by atoms with Gasteiger partial charge in [0.2, 0.25) is 11.7 Å². The Morgan fingerprint density at radius 3 is 2.11 bits per heavy atom. The first kappa shape index (κ1) is 30.7. The number of ether oxygens (including phenoxy) is 2. The zero-order valence-corrected chi connectivity index (χ0v) is 25.6. The highest BCUT2D eigenvalue weighted by atomic mass is 32.2. The summed E-state index contributed by atoms with van der Waals surface area (Å²) in [4.78, 5) is 53.8. The van der Waals surface area contributed by atoms with E-state index in [-0.39, 0.29) is 30.1 Å². The predicted molar refractivity (Wildman–Crippen MR) is 167 cm³/mol. The maximum absolute atomic E-state index is 14.2. The number of methoxy groups -OCH3 is 1. The van der Waals surface area contributed by atoms with Gasteiger partial charge in [-0.05, 0) is 34.4 Å². The van der Waals surface area contributed by atoms with Crippen LogP contribution in [-0.4, -0.2) is 57.1 Å². The molecule has 0 radical (unpaired) electrons. The number of carbonyl (C=O) groups is 4. The average molecular weight is 639 g/mol. The first-order valence-corrected chi connectivity index (χ1v) is 16.0. The largest absolute Gasteiger partial charge is 0.463 e. The van der Waals surface area contributed by atoms with Gasteiger partial charge in [-0.2, -0.15) is 0 Å². The molecule has 3 heterocycles. The summed E-state index contributed by atoms with van der Waals surface area (Å²) in [5.41, 5.74) is 2.48. The van der Waals surface area contributed by atoms with Crippen LogP contribution in [0, 0.1) is 0 Å². The standard InChI is InChI=1S/C35H30N2O8S/c1-43-34(40)27-18-17-26(44-27)20-25-21-46(42)33-29(36-28(38)19-22-11-5-2-6-12-22)32(39)37(33)30(25)35(41)45-31(23-13-7-3-8-14-23)24-15-9-4-10-16-24/h2-18,29,31,33H,19-21H2,1H3,(H,36,38)/t29-,33+,46?/m1/s1. The number of nitrogens with zero attached hydrogens (tertiary/aromatic N) is 1. The molecule has 3 atom stereocenters. The molecule has 2 amide bonds. The molecule has 11 heteroatoms. The number of furan rings is 1. The van der Waals surface area contributed by atoms with Crippen molar-refractivity contribution >= 4 is 34.6 Å². The Balaban J connectivity index is 1.33. The smallest absolute Gasteiger partial charge is 0.373 e. The van der Waals surface area contributed by atoms with Gasteiger partial charge in [-0.1, -0.05) is 91.0 Å². The third-order valence-electron chi connectivity index (χ3n) is 7.79. The van der Waals surface area contributed by atoms with Gasteiger partial charge >= 0.3 is 11.9 Å². The first-order valence-electron chi connectivity index (χ1n) is 14.6. The van der Waals surface area contributed by atoms with Crippen molar-refractivity contribution in [3.05, 3.63) is 143 Å². The van der Waals surface area contributed by atoms with Crippen molar-refractivity contribution in [2.75, 3.05) is 12.9 Å². The molecule has 0 bridgehead atoms. The molecule has 0 aliphatic carbocycles. The second-order valence-corrected chi connectivity index (χ2v) is 12.4. The van der Waals surface area contributed by atoms with Crippen LogP contribution in [0.4, 0.5) is 0 Å². The Kier molecular flexibility index (Phi) is 8.93. The number of rotatable bonds is 10. The molecule has 234 valence electrons. The summed E-state index contributed by atoms with van der Waals surface area (Å²) in [6, 6.07) is 29.4. The number of hydrogen-bond acceptors (Lipinski definition) is 8. The molecule has 46 heavy (non-hydrogen) atoms. The Morgan fingerprint density at radius 1 is 0.891 bits per heavy atom. The van der Waals surface area contributed by atoms with Crippen LogP contribution in [-0.2, 0) is 47.5 Å². The molecule has 1 fully saturated rings. The summed E-state index contributed by atoms with van der Waals surface area (Å²) in [6.45, 7) is 0. The third-order valence-corrected chi connectivity index (χ3v) is 9.44. The van der Waals surface area contributed by atoms with E-state index >= 15 is 0 Å². The number of esters is 2. The van der Waals surface area contributed by atoms with Crippen LogP contribution in [0.25, 0.3) is 0 Å². The second kappa shape index (κ2) is 13.4.